The zero-order valence-electron chi connectivity index (χ0n) is 11.1. The van der Waals surface area contributed by atoms with E-state index in [2.05, 4.69) is 40.3 Å². The Morgan fingerprint density at radius 1 is 0.950 bits per heavy atom. The van der Waals surface area contributed by atoms with Crippen molar-refractivity contribution in [1.82, 2.24) is 5.32 Å². The Morgan fingerprint density at radius 3 is 2.05 bits per heavy atom. The lowest BCUT2D eigenvalue weighted by Gasteiger charge is -2.14. The molecule has 0 saturated heterocycles. The summed E-state index contributed by atoms with van der Waals surface area (Å²) >= 11 is 3.41. The molecule has 0 aliphatic rings. The first kappa shape index (κ1) is 15.1. The van der Waals surface area contributed by atoms with Crippen LogP contribution in [-0.2, 0) is 6.54 Å². The van der Waals surface area contributed by atoms with Crippen LogP contribution in [-0.4, -0.2) is 0 Å². The molecule has 0 saturated carbocycles. The fourth-order valence-corrected chi connectivity index (χ4v) is 2.19. The molecule has 2 aromatic rings. The second-order valence-electron chi connectivity index (χ2n) is 4.70. The van der Waals surface area contributed by atoms with Gasteiger partial charge in [0.15, 0.2) is 0 Å². The minimum Gasteiger partial charge on any atom is -0.306 e. The number of hydrogen-bond acceptors (Lipinski definition) is 1. The molecule has 0 radical (unpaired) electrons. The number of rotatable bonds is 5. The van der Waals surface area contributed by atoms with Crippen LogP contribution in [0, 0.1) is 0 Å². The van der Waals surface area contributed by atoms with Gasteiger partial charge in [-0.2, -0.15) is 0 Å². The maximum absolute atomic E-state index is 12.4. The summed E-state index contributed by atoms with van der Waals surface area (Å²) in [5.74, 6) is 0. The summed E-state index contributed by atoms with van der Waals surface area (Å²) in [6.07, 6.45) is -2.40. The summed E-state index contributed by atoms with van der Waals surface area (Å²) in [6.45, 7) is 2.73. The van der Waals surface area contributed by atoms with E-state index in [-0.39, 0.29) is 11.6 Å². The molecule has 0 fully saturated rings. The van der Waals surface area contributed by atoms with E-state index in [9.17, 15) is 8.78 Å². The average Bonchev–Trinajstić information content (AvgIpc) is 2.46. The second kappa shape index (κ2) is 6.95. The van der Waals surface area contributed by atoms with Gasteiger partial charge in [0.25, 0.3) is 6.43 Å². The van der Waals surface area contributed by atoms with Crippen molar-refractivity contribution >= 4 is 15.9 Å². The van der Waals surface area contributed by atoms with E-state index in [1.54, 1.807) is 12.1 Å². The van der Waals surface area contributed by atoms with Crippen molar-refractivity contribution in [2.75, 3.05) is 0 Å². The Labute approximate surface area is 126 Å². The van der Waals surface area contributed by atoms with Crippen LogP contribution in [0.25, 0.3) is 0 Å². The third-order valence-corrected chi connectivity index (χ3v) is 3.74. The van der Waals surface area contributed by atoms with E-state index < -0.39 is 6.43 Å². The Kier molecular flexibility index (Phi) is 5.26. The van der Waals surface area contributed by atoms with E-state index in [0.717, 1.165) is 10.0 Å². The zero-order chi connectivity index (χ0) is 14.5. The fourth-order valence-electron chi connectivity index (χ4n) is 1.92. The lowest BCUT2D eigenvalue weighted by atomic mass is 10.1. The SMILES string of the molecule is CC(NCc1ccc(C(F)F)cc1)c1ccc(Br)cc1. The van der Waals surface area contributed by atoms with E-state index in [1.807, 2.05) is 12.1 Å². The van der Waals surface area contributed by atoms with Gasteiger partial charge in [-0.25, -0.2) is 8.78 Å². The Balaban J connectivity index is 1.92. The summed E-state index contributed by atoms with van der Waals surface area (Å²) in [6, 6.07) is 14.8. The largest absolute Gasteiger partial charge is 0.306 e. The number of alkyl halides is 2. The van der Waals surface area contributed by atoms with Gasteiger partial charge in [0.2, 0.25) is 0 Å². The molecule has 2 rings (SSSR count). The third-order valence-electron chi connectivity index (χ3n) is 3.21. The maximum Gasteiger partial charge on any atom is 0.263 e. The third kappa shape index (κ3) is 4.12. The zero-order valence-corrected chi connectivity index (χ0v) is 12.7. The molecular formula is C16H16BrF2N. The highest BCUT2D eigenvalue weighted by molar-refractivity contribution is 9.10. The van der Waals surface area contributed by atoms with E-state index in [4.69, 9.17) is 0 Å². The molecule has 0 aliphatic heterocycles. The van der Waals surface area contributed by atoms with E-state index in [1.165, 1.54) is 17.7 Å². The van der Waals surface area contributed by atoms with Crippen LogP contribution in [0.2, 0.25) is 0 Å². The molecule has 0 aliphatic carbocycles. The molecule has 4 heteroatoms. The van der Waals surface area contributed by atoms with Crippen molar-refractivity contribution in [3.63, 3.8) is 0 Å². The fraction of sp³-hybridized carbons (Fsp3) is 0.250. The molecule has 2 aromatic carbocycles. The molecule has 0 amide bonds. The highest BCUT2D eigenvalue weighted by Crippen LogP contribution is 2.20. The Bertz CT molecular complexity index is 537. The molecule has 1 unspecified atom stereocenters. The highest BCUT2D eigenvalue weighted by atomic mass is 79.9. The Morgan fingerprint density at radius 2 is 1.50 bits per heavy atom. The predicted octanol–water partition coefficient (Wildman–Crippen LogP) is 5.24. The van der Waals surface area contributed by atoms with Gasteiger partial charge >= 0.3 is 0 Å². The van der Waals surface area contributed by atoms with Crippen LogP contribution in [0.15, 0.2) is 53.0 Å². The first-order valence-corrected chi connectivity index (χ1v) is 7.21. The van der Waals surface area contributed by atoms with Gasteiger partial charge in [-0.1, -0.05) is 52.3 Å². The van der Waals surface area contributed by atoms with Crippen molar-refractivity contribution < 1.29 is 8.78 Å². The van der Waals surface area contributed by atoms with Crippen LogP contribution >= 0.6 is 15.9 Å². The molecule has 0 spiro atoms. The first-order chi connectivity index (χ1) is 9.56. The van der Waals surface area contributed by atoms with E-state index >= 15 is 0 Å². The van der Waals surface area contributed by atoms with Crippen molar-refractivity contribution in [3.8, 4) is 0 Å². The number of halogens is 3. The van der Waals surface area contributed by atoms with Crippen LogP contribution in [0.3, 0.4) is 0 Å². The van der Waals surface area contributed by atoms with Crippen molar-refractivity contribution in [3.05, 3.63) is 69.7 Å². The van der Waals surface area contributed by atoms with Gasteiger partial charge in [0, 0.05) is 22.6 Å². The minimum atomic E-state index is -2.40. The monoisotopic (exact) mass is 339 g/mol. The van der Waals surface area contributed by atoms with Gasteiger partial charge in [0.1, 0.15) is 0 Å². The normalized spacial score (nSPS) is 12.7. The summed E-state index contributed by atoms with van der Waals surface area (Å²) in [5, 5.41) is 3.38. The predicted molar refractivity (Wildman–Crippen MR) is 80.8 cm³/mol. The van der Waals surface area contributed by atoms with Gasteiger partial charge in [0.05, 0.1) is 0 Å². The quantitative estimate of drug-likeness (QED) is 0.785. The standard InChI is InChI=1S/C16H16BrF2N/c1-11(13-6-8-15(17)9-7-13)20-10-12-2-4-14(5-3-12)16(18)19/h2-9,11,16,20H,10H2,1H3. The van der Waals surface area contributed by atoms with Crippen molar-refractivity contribution in [2.45, 2.75) is 25.9 Å². The molecule has 0 heterocycles. The first-order valence-electron chi connectivity index (χ1n) is 6.42. The molecular weight excluding hydrogens is 324 g/mol. The van der Waals surface area contributed by atoms with Gasteiger partial charge < -0.3 is 5.32 Å². The van der Waals surface area contributed by atoms with Crippen LogP contribution in [0.4, 0.5) is 8.78 Å². The molecule has 106 valence electrons. The number of benzene rings is 2. The number of hydrogen-bond donors (Lipinski definition) is 1. The van der Waals surface area contributed by atoms with Crippen LogP contribution < -0.4 is 5.32 Å². The minimum absolute atomic E-state index is 0.0645. The molecule has 0 bridgehead atoms. The molecule has 1 nitrogen and oxygen atoms in total. The summed E-state index contributed by atoms with van der Waals surface area (Å²) in [7, 11) is 0. The van der Waals surface area contributed by atoms with Gasteiger partial charge in [-0.3, -0.25) is 0 Å². The molecule has 20 heavy (non-hydrogen) atoms. The lowest BCUT2D eigenvalue weighted by molar-refractivity contribution is 0.151. The molecule has 0 aromatic heterocycles. The lowest BCUT2D eigenvalue weighted by Crippen LogP contribution is -2.17. The van der Waals surface area contributed by atoms with Gasteiger partial charge in [-0.15, -0.1) is 0 Å². The summed E-state index contributed by atoms with van der Waals surface area (Å²) in [4.78, 5) is 0. The summed E-state index contributed by atoms with van der Waals surface area (Å²) in [5.41, 5.74) is 2.26. The van der Waals surface area contributed by atoms with Crippen LogP contribution in [0.5, 0.6) is 0 Å². The van der Waals surface area contributed by atoms with E-state index in [0.29, 0.717) is 6.54 Å². The van der Waals surface area contributed by atoms with Crippen molar-refractivity contribution in [2.24, 2.45) is 0 Å². The molecule has 1 atom stereocenters. The second-order valence-corrected chi connectivity index (χ2v) is 5.61. The van der Waals surface area contributed by atoms with Crippen molar-refractivity contribution in [1.29, 1.82) is 0 Å². The summed E-state index contributed by atoms with van der Waals surface area (Å²) < 4.78 is 25.9. The molecule has 1 N–H and O–H groups in total. The highest BCUT2D eigenvalue weighted by Gasteiger charge is 2.07. The smallest absolute Gasteiger partial charge is 0.263 e. The topological polar surface area (TPSA) is 12.0 Å². The van der Waals surface area contributed by atoms with Crippen LogP contribution in [0.1, 0.15) is 36.1 Å². The van der Waals surface area contributed by atoms with Gasteiger partial charge in [-0.05, 0) is 30.2 Å². The maximum atomic E-state index is 12.4. The average molecular weight is 340 g/mol. The Hall–Kier alpha value is -1.26. The number of nitrogens with one attached hydrogen (secondary N) is 1.